The van der Waals surface area contributed by atoms with Gasteiger partial charge in [-0.05, 0) is 13.8 Å². The van der Waals surface area contributed by atoms with Crippen LogP contribution in [0.1, 0.15) is 20.3 Å². The number of likely N-dealkylation sites (N-methyl/N-ethyl adjacent to an activating group) is 1. The molecule has 0 atom stereocenters. The number of hydrogen-bond donors (Lipinski definition) is 2. The number of hydrogen-bond acceptors (Lipinski definition) is 3. The number of carbonyl (C=O) groups excluding carboxylic acids is 1. The van der Waals surface area contributed by atoms with Gasteiger partial charge in [-0.25, -0.2) is 0 Å². The number of rotatable bonds is 4. The Kier molecular flexibility index (Phi) is 3.87. The van der Waals surface area contributed by atoms with E-state index in [2.05, 4.69) is 0 Å². The van der Waals surface area contributed by atoms with Gasteiger partial charge in [0.25, 0.3) is 0 Å². The van der Waals surface area contributed by atoms with Crippen molar-refractivity contribution in [2.24, 2.45) is 5.73 Å². The highest BCUT2D eigenvalue weighted by Gasteiger charge is 2.25. The van der Waals surface area contributed by atoms with E-state index in [-0.39, 0.29) is 18.9 Å². The number of amides is 1. The zero-order valence-corrected chi connectivity index (χ0v) is 8.20. The molecule has 0 aliphatic rings. The summed E-state index contributed by atoms with van der Waals surface area (Å²) in [6.45, 7) is 3.37. The molecule has 76 valence electrons. The molecule has 0 spiro atoms. The lowest BCUT2D eigenvalue weighted by atomic mass is 10.1. The van der Waals surface area contributed by atoms with Crippen LogP contribution in [0.15, 0.2) is 0 Å². The van der Waals surface area contributed by atoms with E-state index >= 15 is 0 Å². The molecule has 1 amide bonds. The summed E-state index contributed by atoms with van der Waals surface area (Å²) in [5.74, 6) is -1.18. The Morgan fingerprint density at radius 2 is 1.92 bits per heavy atom. The summed E-state index contributed by atoms with van der Waals surface area (Å²) in [7, 11) is 1.54. The minimum absolute atomic E-state index is 0.0572. The zero-order valence-electron chi connectivity index (χ0n) is 8.20. The Labute approximate surface area is 77.5 Å². The Morgan fingerprint density at radius 3 is 2.23 bits per heavy atom. The first-order valence-electron chi connectivity index (χ1n) is 4.01. The van der Waals surface area contributed by atoms with Crippen molar-refractivity contribution in [1.82, 2.24) is 4.90 Å². The molecular formula is C8H16N2O3. The molecule has 0 bridgehead atoms. The minimum atomic E-state index is -0.937. The van der Waals surface area contributed by atoms with E-state index in [1.54, 1.807) is 20.9 Å². The predicted molar refractivity (Wildman–Crippen MR) is 48.2 cm³/mol. The number of carboxylic acid groups (broad SMARTS) is 1. The monoisotopic (exact) mass is 188 g/mol. The van der Waals surface area contributed by atoms with Crippen molar-refractivity contribution >= 4 is 11.9 Å². The molecule has 0 saturated heterocycles. The number of carboxylic acids is 1. The van der Waals surface area contributed by atoms with Crippen LogP contribution in [0.4, 0.5) is 0 Å². The quantitative estimate of drug-likeness (QED) is 0.632. The molecule has 5 nitrogen and oxygen atoms in total. The lowest BCUT2D eigenvalue weighted by Gasteiger charge is -2.25. The average Bonchev–Trinajstić information content (AvgIpc) is 1.96. The molecule has 0 unspecified atom stereocenters. The van der Waals surface area contributed by atoms with E-state index in [0.29, 0.717) is 0 Å². The molecule has 0 radical (unpaired) electrons. The van der Waals surface area contributed by atoms with Crippen LogP contribution in [-0.2, 0) is 9.59 Å². The summed E-state index contributed by atoms with van der Waals surface area (Å²) in [5, 5.41) is 8.38. The third kappa shape index (κ3) is 4.47. The smallest absolute Gasteiger partial charge is 0.305 e. The van der Waals surface area contributed by atoms with Crippen LogP contribution in [0.25, 0.3) is 0 Å². The van der Waals surface area contributed by atoms with Crippen molar-refractivity contribution in [3.05, 3.63) is 0 Å². The lowest BCUT2D eigenvalue weighted by Crippen LogP contribution is -2.50. The highest BCUT2D eigenvalue weighted by atomic mass is 16.4. The van der Waals surface area contributed by atoms with Crippen molar-refractivity contribution < 1.29 is 14.7 Å². The van der Waals surface area contributed by atoms with Crippen LogP contribution < -0.4 is 5.73 Å². The standard InChI is InChI=1S/C8H16N2O3/c1-8(2,9)7(13)10(3)5-4-6(11)12/h4-5,9H2,1-3H3,(H,11,12). The van der Waals surface area contributed by atoms with E-state index in [1.165, 1.54) is 4.90 Å². The molecule has 0 aromatic heterocycles. The maximum absolute atomic E-state index is 11.4. The van der Waals surface area contributed by atoms with Gasteiger partial charge in [-0.2, -0.15) is 0 Å². The van der Waals surface area contributed by atoms with Crippen LogP contribution in [0.5, 0.6) is 0 Å². The first kappa shape index (κ1) is 11.9. The maximum atomic E-state index is 11.4. The lowest BCUT2D eigenvalue weighted by molar-refractivity contribution is -0.139. The molecule has 0 fully saturated rings. The van der Waals surface area contributed by atoms with Crippen LogP contribution >= 0.6 is 0 Å². The zero-order chi connectivity index (χ0) is 10.6. The molecule has 0 heterocycles. The van der Waals surface area contributed by atoms with Gasteiger partial charge in [0.15, 0.2) is 0 Å². The molecular weight excluding hydrogens is 172 g/mol. The summed E-state index contributed by atoms with van der Waals surface area (Å²) in [4.78, 5) is 22.9. The Bertz CT molecular complexity index is 208. The second-order valence-corrected chi connectivity index (χ2v) is 3.59. The predicted octanol–water partition coefficient (Wildman–Crippen LogP) is -0.343. The van der Waals surface area contributed by atoms with Crippen molar-refractivity contribution in [3.63, 3.8) is 0 Å². The van der Waals surface area contributed by atoms with Gasteiger partial charge >= 0.3 is 5.97 Å². The van der Waals surface area contributed by atoms with Crippen LogP contribution in [-0.4, -0.2) is 41.0 Å². The topological polar surface area (TPSA) is 83.6 Å². The number of nitrogens with zero attached hydrogens (tertiary/aromatic N) is 1. The van der Waals surface area contributed by atoms with Crippen molar-refractivity contribution in [2.75, 3.05) is 13.6 Å². The van der Waals surface area contributed by atoms with Gasteiger partial charge in [-0.1, -0.05) is 0 Å². The Hall–Kier alpha value is -1.10. The third-order valence-corrected chi connectivity index (χ3v) is 1.56. The van der Waals surface area contributed by atoms with Crippen molar-refractivity contribution in [1.29, 1.82) is 0 Å². The molecule has 0 saturated carbocycles. The molecule has 3 N–H and O–H groups in total. The number of aliphatic carboxylic acids is 1. The third-order valence-electron chi connectivity index (χ3n) is 1.56. The van der Waals surface area contributed by atoms with Crippen LogP contribution in [0.3, 0.4) is 0 Å². The largest absolute Gasteiger partial charge is 0.481 e. The second-order valence-electron chi connectivity index (χ2n) is 3.59. The van der Waals surface area contributed by atoms with Crippen LogP contribution in [0.2, 0.25) is 0 Å². The summed E-state index contributed by atoms with van der Waals surface area (Å²) in [6.07, 6.45) is -0.0572. The number of nitrogens with two attached hydrogens (primary N) is 1. The van der Waals surface area contributed by atoms with E-state index in [4.69, 9.17) is 10.8 Å². The van der Waals surface area contributed by atoms with Gasteiger partial charge in [-0.15, -0.1) is 0 Å². The van der Waals surface area contributed by atoms with E-state index in [9.17, 15) is 9.59 Å². The van der Waals surface area contributed by atoms with E-state index in [1.807, 2.05) is 0 Å². The molecule has 13 heavy (non-hydrogen) atoms. The first-order chi connectivity index (χ1) is 5.75. The summed E-state index contributed by atoms with van der Waals surface area (Å²) < 4.78 is 0. The van der Waals surface area contributed by atoms with Gasteiger partial charge < -0.3 is 15.7 Å². The molecule has 0 aromatic carbocycles. The van der Waals surface area contributed by atoms with Gasteiger partial charge in [0.05, 0.1) is 12.0 Å². The Balaban J connectivity index is 4.05. The summed E-state index contributed by atoms with van der Waals surface area (Å²) in [6, 6.07) is 0. The second kappa shape index (κ2) is 4.23. The average molecular weight is 188 g/mol. The minimum Gasteiger partial charge on any atom is -0.481 e. The van der Waals surface area contributed by atoms with Crippen molar-refractivity contribution in [3.8, 4) is 0 Å². The number of carbonyl (C=O) groups is 2. The molecule has 5 heteroatoms. The normalized spacial score (nSPS) is 11.1. The fourth-order valence-electron chi connectivity index (χ4n) is 0.857. The van der Waals surface area contributed by atoms with Gasteiger partial charge in [-0.3, -0.25) is 9.59 Å². The molecule has 0 aromatic rings. The van der Waals surface area contributed by atoms with E-state index in [0.717, 1.165) is 0 Å². The van der Waals surface area contributed by atoms with Gasteiger partial charge in [0, 0.05) is 13.6 Å². The maximum Gasteiger partial charge on any atom is 0.305 e. The fraction of sp³-hybridized carbons (Fsp3) is 0.750. The first-order valence-corrected chi connectivity index (χ1v) is 4.01. The molecule has 0 rings (SSSR count). The van der Waals surface area contributed by atoms with Gasteiger partial charge in [0.1, 0.15) is 0 Å². The highest BCUT2D eigenvalue weighted by molar-refractivity contribution is 5.85. The fourth-order valence-corrected chi connectivity index (χ4v) is 0.857. The molecule has 0 aliphatic carbocycles. The summed E-state index contributed by atoms with van der Waals surface area (Å²) in [5.41, 5.74) is 4.61. The Morgan fingerprint density at radius 1 is 1.46 bits per heavy atom. The SMILES string of the molecule is CN(CCC(=O)O)C(=O)C(C)(C)N. The molecule has 0 aliphatic heterocycles. The summed E-state index contributed by atoms with van der Waals surface area (Å²) >= 11 is 0. The van der Waals surface area contributed by atoms with E-state index < -0.39 is 11.5 Å². The van der Waals surface area contributed by atoms with Crippen molar-refractivity contribution in [2.45, 2.75) is 25.8 Å². The van der Waals surface area contributed by atoms with Gasteiger partial charge in [0.2, 0.25) is 5.91 Å². The van der Waals surface area contributed by atoms with Crippen LogP contribution in [0, 0.1) is 0 Å². The highest BCUT2D eigenvalue weighted by Crippen LogP contribution is 2.02.